The van der Waals surface area contributed by atoms with E-state index in [1.54, 1.807) is 22.7 Å². The molecule has 0 spiro atoms. The highest BCUT2D eigenvalue weighted by atomic mass is 32.2. The highest BCUT2D eigenvalue weighted by molar-refractivity contribution is 7.99. The lowest BCUT2D eigenvalue weighted by molar-refractivity contribution is -0.132. The van der Waals surface area contributed by atoms with Crippen LogP contribution in [-0.4, -0.2) is 98.4 Å². The molecule has 4 aromatic carbocycles. The summed E-state index contributed by atoms with van der Waals surface area (Å²) in [6.45, 7) is 9.57. The van der Waals surface area contributed by atoms with Crippen LogP contribution < -0.4 is 19.3 Å². The lowest BCUT2D eigenvalue weighted by atomic mass is 9.86. The number of hydrogen-bond donors (Lipinski definition) is 2. The summed E-state index contributed by atoms with van der Waals surface area (Å²) in [7, 11) is -4.39. The van der Waals surface area contributed by atoms with Crippen molar-refractivity contribution in [1.82, 2.24) is 8.61 Å². The maximum absolute atomic E-state index is 14.2. The average molecular weight is 1070 g/mol. The van der Waals surface area contributed by atoms with E-state index in [0.29, 0.717) is 36.0 Å². The third-order valence-corrected chi connectivity index (χ3v) is 19.0. The second kappa shape index (κ2) is 26.3. The third-order valence-electron chi connectivity index (χ3n) is 13.5. The van der Waals surface area contributed by atoms with E-state index in [2.05, 4.69) is 37.5 Å². The molecule has 0 radical (unpaired) electrons. The Labute approximate surface area is 436 Å². The topological polar surface area (TPSA) is 174 Å². The number of likely N-dealkylation sites (N-methyl/N-ethyl adjacent to an activating group) is 2. The van der Waals surface area contributed by atoms with Crippen molar-refractivity contribution in [2.45, 2.75) is 135 Å². The molecular weight excluding hydrogens is 993 g/mol. The first-order valence-electron chi connectivity index (χ1n) is 24.6. The van der Waals surface area contributed by atoms with Gasteiger partial charge in [-0.2, -0.15) is 8.61 Å². The molecule has 0 saturated carbocycles. The molecule has 2 aliphatic rings. The van der Waals surface area contributed by atoms with Crippen LogP contribution in [0.2, 0.25) is 0 Å². The number of carboxylic acids is 2. The normalized spacial score (nSPS) is 17.1. The maximum Gasteiger partial charge on any atom is 0.331 e. The van der Waals surface area contributed by atoms with Gasteiger partial charge in [-0.1, -0.05) is 115 Å². The van der Waals surface area contributed by atoms with Crippen molar-refractivity contribution in [2.24, 2.45) is 0 Å². The molecule has 392 valence electrons. The number of carboxylic acid groups (broad SMARTS) is 2. The van der Waals surface area contributed by atoms with Gasteiger partial charge in [0.15, 0.2) is 0 Å². The van der Waals surface area contributed by atoms with Gasteiger partial charge in [0.1, 0.15) is 21.3 Å². The van der Waals surface area contributed by atoms with Crippen LogP contribution in [0, 0.1) is 0 Å². The Morgan fingerprint density at radius 1 is 0.569 bits per heavy atom. The Kier molecular flexibility index (Phi) is 21.2. The van der Waals surface area contributed by atoms with Crippen LogP contribution in [0.5, 0.6) is 11.5 Å². The predicted octanol–water partition coefficient (Wildman–Crippen LogP) is 12.6. The maximum atomic E-state index is 14.2. The number of unbranched alkanes of at least 4 members (excludes halogenated alkanes) is 4. The zero-order valence-corrected chi connectivity index (χ0v) is 46.1. The Balaban J connectivity index is 0.000000267. The number of sulfonamides is 2. The standard InChI is InChI=1S/2C27H36N2O5S2/c2*1-5-7-15-27(16-8-6-2)20-29(21-12-10-9-11-13-21)22-18-24(35-4)23(34-17-14-26(30)31)19-25(22)36(32,33)28(27)3/h2*9-14,17-19H,5-8,15-16,20H2,1-4H3,(H,30,31)/b2*17-14+. The van der Waals surface area contributed by atoms with Gasteiger partial charge in [-0.3, -0.25) is 0 Å². The fourth-order valence-electron chi connectivity index (χ4n) is 9.39. The minimum atomic E-state index is -3.89. The smallest absolute Gasteiger partial charge is 0.331 e. The van der Waals surface area contributed by atoms with Crippen molar-refractivity contribution < 1.29 is 46.1 Å². The number of para-hydroxylation sites is 2. The summed E-state index contributed by atoms with van der Waals surface area (Å²) in [5, 5.41) is 17.9. The molecule has 2 heterocycles. The second-order valence-electron chi connectivity index (χ2n) is 18.1. The number of carbonyl (C=O) groups is 2. The van der Waals surface area contributed by atoms with Crippen molar-refractivity contribution in [3.05, 3.63) is 110 Å². The molecule has 0 bridgehead atoms. The number of benzene rings is 4. The van der Waals surface area contributed by atoms with Gasteiger partial charge < -0.3 is 29.5 Å². The van der Waals surface area contributed by atoms with Crippen molar-refractivity contribution in [3.8, 4) is 11.5 Å². The van der Waals surface area contributed by atoms with Crippen molar-refractivity contribution in [3.63, 3.8) is 0 Å². The number of rotatable bonds is 22. The molecular formula is C54H72N4O10S4. The fraction of sp³-hybridized carbons (Fsp3) is 0.444. The van der Waals surface area contributed by atoms with Gasteiger partial charge in [-0.25, -0.2) is 26.4 Å². The molecule has 0 amide bonds. The van der Waals surface area contributed by atoms with E-state index < -0.39 is 43.1 Å². The average Bonchev–Trinajstić information content (AvgIpc) is 3.49. The summed E-state index contributed by atoms with van der Waals surface area (Å²) < 4.78 is 71.2. The first-order chi connectivity index (χ1) is 34.4. The molecule has 0 aromatic heterocycles. The SMILES string of the molecule is CCCCC1(CCCC)CN(c2ccccc2)c2cc(SC)c(O/C=C/C(=O)O)cc2S(=O)(=O)N1C.CCCCC1(CCCC)CN(c2ccccc2)c2cc(SC)c(O/C=C/C(=O)O)cc2S(=O)(=O)N1C. The first kappa shape index (κ1) is 57.9. The largest absolute Gasteiger partial charge is 0.478 e. The number of ether oxygens (including phenoxy) is 2. The summed E-state index contributed by atoms with van der Waals surface area (Å²) in [4.78, 5) is 27.9. The summed E-state index contributed by atoms with van der Waals surface area (Å²) in [6.07, 6.45) is 18.3. The zero-order chi connectivity index (χ0) is 52.7. The molecule has 0 saturated heterocycles. The van der Waals surface area contributed by atoms with Crippen LogP contribution in [0.3, 0.4) is 0 Å². The van der Waals surface area contributed by atoms with Crippen molar-refractivity contribution in [1.29, 1.82) is 0 Å². The summed E-state index contributed by atoms with van der Waals surface area (Å²) in [5.41, 5.74) is 1.89. The highest BCUT2D eigenvalue weighted by Gasteiger charge is 2.48. The van der Waals surface area contributed by atoms with Crippen molar-refractivity contribution >= 4 is 78.3 Å². The fourth-order valence-corrected chi connectivity index (χ4v) is 13.9. The molecule has 0 aliphatic carbocycles. The van der Waals surface area contributed by atoms with E-state index in [1.807, 2.05) is 85.3 Å². The van der Waals surface area contributed by atoms with Crippen LogP contribution in [0.1, 0.15) is 105 Å². The van der Waals surface area contributed by atoms with Crippen LogP contribution >= 0.6 is 23.5 Å². The van der Waals surface area contributed by atoms with Gasteiger partial charge in [-0.15, -0.1) is 23.5 Å². The number of thioether (sulfide) groups is 2. The minimum Gasteiger partial charge on any atom is -0.478 e. The van der Waals surface area contributed by atoms with E-state index >= 15 is 0 Å². The van der Waals surface area contributed by atoms with Crippen LogP contribution in [0.25, 0.3) is 0 Å². The Hall–Kier alpha value is -4.98. The highest BCUT2D eigenvalue weighted by Crippen LogP contribution is 2.49. The van der Waals surface area contributed by atoms with Gasteiger partial charge in [0.25, 0.3) is 0 Å². The van der Waals surface area contributed by atoms with Gasteiger partial charge in [0.2, 0.25) is 20.0 Å². The lowest BCUT2D eigenvalue weighted by Crippen LogP contribution is -2.53. The van der Waals surface area contributed by atoms with Gasteiger partial charge in [0, 0.05) is 50.7 Å². The van der Waals surface area contributed by atoms with E-state index in [4.69, 9.17) is 19.7 Å². The molecule has 72 heavy (non-hydrogen) atoms. The zero-order valence-electron chi connectivity index (χ0n) is 42.9. The minimum absolute atomic E-state index is 0.153. The molecule has 18 heteroatoms. The van der Waals surface area contributed by atoms with Crippen LogP contribution in [0.15, 0.2) is 129 Å². The monoisotopic (exact) mass is 1060 g/mol. The molecule has 0 fully saturated rings. The van der Waals surface area contributed by atoms with E-state index in [-0.39, 0.29) is 9.79 Å². The summed E-state index contributed by atoms with van der Waals surface area (Å²) in [5.74, 6) is -1.68. The van der Waals surface area contributed by atoms with E-state index in [9.17, 15) is 26.4 Å². The van der Waals surface area contributed by atoms with Gasteiger partial charge in [0.05, 0.1) is 56.9 Å². The predicted molar refractivity (Wildman–Crippen MR) is 292 cm³/mol. The quantitative estimate of drug-likeness (QED) is 0.0432. The third kappa shape index (κ3) is 13.4. The molecule has 14 nitrogen and oxygen atoms in total. The number of aliphatic carboxylic acids is 2. The van der Waals surface area contributed by atoms with Gasteiger partial charge in [-0.05, 0) is 74.6 Å². The number of fused-ring (bicyclic) bond motifs is 2. The van der Waals surface area contributed by atoms with Crippen LogP contribution in [0.4, 0.5) is 22.7 Å². The molecule has 6 rings (SSSR count). The number of hydrogen-bond acceptors (Lipinski definition) is 12. The van der Waals surface area contributed by atoms with E-state index in [0.717, 1.165) is 123 Å². The van der Waals surface area contributed by atoms with Crippen molar-refractivity contribution in [2.75, 3.05) is 49.5 Å². The molecule has 2 N–H and O–H groups in total. The summed E-state index contributed by atoms with van der Waals surface area (Å²) in [6, 6.07) is 26.5. The molecule has 0 unspecified atom stereocenters. The van der Waals surface area contributed by atoms with E-state index in [1.165, 1.54) is 35.7 Å². The molecule has 2 aliphatic heterocycles. The molecule has 4 aromatic rings. The number of nitrogens with zero attached hydrogens (tertiary/aromatic N) is 4. The first-order valence-corrected chi connectivity index (χ1v) is 29.9. The Morgan fingerprint density at radius 2 is 0.889 bits per heavy atom. The molecule has 0 atom stereocenters. The van der Waals surface area contributed by atoms with Gasteiger partial charge >= 0.3 is 11.9 Å². The Morgan fingerprint density at radius 3 is 1.17 bits per heavy atom. The number of anilines is 4. The summed E-state index contributed by atoms with van der Waals surface area (Å²) >= 11 is 2.84. The lowest BCUT2D eigenvalue weighted by Gasteiger charge is -2.42. The Bertz CT molecular complexity index is 2540. The second-order valence-corrected chi connectivity index (χ2v) is 23.7. The van der Waals surface area contributed by atoms with Crippen LogP contribution in [-0.2, 0) is 29.6 Å².